The summed E-state index contributed by atoms with van der Waals surface area (Å²) in [5, 5.41) is 0. The largest absolute Gasteiger partial charge is 0.444 e. The van der Waals surface area contributed by atoms with Crippen LogP contribution in [0, 0.1) is 5.92 Å². The van der Waals surface area contributed by atoms with Crippen LogP contribution < -0.4 is 0 Å². The summed E-state index contributed by atoms with van der Waals surface area (Å²) >= 11 is 2.42. The molecule has 1 saturated heterocycles. The highest BCUT2D eigenvalue weighted by molar-refractivity contribution is 14.1. The second-order valence-corrected chi connectivity index (χ2v) is 9.24. The molecule has 0 radical (unpaired) electrons. The molecule has 0 bridgehead atoms. The molecule has 1 heterocycles. The minimum absolute atomic E-state index is 0.147. The van der Waals surface area contributed by atoms with Gasteiger partial charge in [-0.3, -0.25) is 0 Å². The SMILES string of the molecule is CCC1CCCC(OC2CN(C(=O)OC(C)(C)C)CC2I)C1. The van der Waals surface area contributed by atoms with E-state index < -0.39 is 5.60 Å². The smallest absolute Gasteiger partial charge is 0.410 e. The molecular weight excluding hydrogens is 393 g/mol. The average molecular weight is 423 g/mol. The molecule has 22 heavy (non-hydrogen) atoms. The van der Waals surface area contributed by atoms with Gasteiger partial charge in [0.15, 0.2) is 0 Å². The van der Waals surface area contributed by atoms with Gasteiger partial charge in [-0.25, -0.2) is 4.79 Å². The van der Waals surface area contributed by atoms with Crippen molar-refractivity contribution in [2.45, 2.75) is 81.5 Å². The van der Waals surface area contributed by atoms with Crippen molar-refractivity contribution in [2.24, 2.45) is 5.92 Å². The maximum absolute atomic E-state index is 12.2. The topological polar surface area (TPSA) is 38.8 Å². The van der Waals surface area contributed by atoms with Crippen LogP contribution in [0.25, 0.3) is 0 Å². The molecule has 0 N–H and O–H groups in total. The van der Waals surface area contributed by atoms with E-state index in [1.54, 1.807) is 4.90 Å². The summed E-state index contributed by atoms with van der Waals surface area (Å²) in [5.41, 5.74) is -0.436. The number of alkyl halides is 1. The van der Waals surface area contributed by atoms with Crippen molar-refractivity contribution in [3.8, 4) is 0 Å². The number of hydrogen-bond acceptors (Lipinski definition) is 3. The summed E-state index contributed by atoms with van der Waals surface area (Å²) in [7, 11) is 0. The Hall–Kier alpha value is -0.0400. The van der Waals surface area contributed by atoms with Gasteiger partial charge in [0.05, 0.1) is 22.7 Å². The predicted octanol–water partition coefficient (Wildman–Crippen LogP) is 4.39. The highest BCUT2D eigenvalue weighted by Gasteiger charge is 2.38. The fraction of sp³-hybridized carbons (Fsp3) is 0.941. The minimum Gasteiger partial charge on any atom is -0.444 e. The van der Waals surface area contributed by atoms with Gasteiger partial charge in [0.25, 0.3) is 0 Å². The van der Waals surface area contributed by atoms with E-state index in [1.807, 2.05) is 20.8 Å². The predicted molar refractivity (Wildman–Crippen MR) is 96.5 cm³/mol. The van der Waals surface area contributed by atoms with E-state index in [4.69, 9.17) is 9.47 Å². The second kappa shape index (κ2) is 7.69. The third kappa shape index (κ3) is 5.25. The maximum Gasteiger partial charge on any atom is 0.410 e. The first-order chi connectivity index (χ1) is 10.3. The Kier molecular flexibility index (Phi) is 6.39. The van der Waals surface area contributed by atoms with Gasteiger partial charge in [0, 0.05) is 6.54 Å². The zero-order chi connectivity index (χ0) is 16.3. The van der Waals surface area contributed by atoms with Crippen LogP contribution in [0.4, 0.5) is 4.79 Å². The summed E-state index contributed by atoms with van der Waals surface area (Å²) in [5.74, 6) is 0.815. The third-order valence-corrected chi connectivity index (χ3v) is 5.73. The van der Waals surface area contributed by atoms with Crippen molar-refractivity contribution in [2.75, 3.05) is 13.1 Å². The fourth-order valence-corrected chi connectivity index (χ4v) is 4.19. The van der Waals surface area contributed by atoms with Crippen molar-refractivity contribution in [1.29, 1.82) is 0 Å². The summed E-state index contributed by atoms with van der Waals surface area (Å²) in [6.45, 7) is 9.38. The van der Waals surface area contributed by atoms with Crippen LogP contribution in [0.15, 0.2) is 0 Å². The molecule has 2 rings (SSSR count). The summed E-state index contributed by atoms with van der Waals surface area (Å²) in [6, 6.07) is 0. The van der Waals surface area contributed by atoms with Gasteiger partial charge >= 0.3 is 6.09 Å². The van der Waals surface area contributed by atoms with Crippen LogP contribution in [-0.2, 0) is 9.47 Å². The molecule has 1 saturated carbocycles. The zero-order valence-electron chi connectivity index (χ0n) is 14.3. The number of nitrogens with zero attached hydrogens (tertiary/aromatic N) is 1. The molecule has 2 aliphatic rings. The minimum atomic E-state index is -0.436. The summed E-state index contributed by atoms with van der Waals surface area (Å²) in [6.07, 6.45) is 6.54. The normalized spacial score (nSPS) is 33.0. The monoisotopic (exact) mass is 423 g/mol. The Balaban J connectivity index is 1.84. The zero-order valence-corrected chi connectivity index (χ0v) is 16.5. The average Bonchev–Trinajstić information content (AvgIpc) is 2.79. The second-order valence-electron chi connectivity index (χ2n) is 7.64. The number of amides is 1. The number of hydrogen-bond donors (Lipinski definition) is 0. The molecule has 4 nitrogen and oxygen atoms in total. The van der Waals surface area contributed by atoms with Crippen LogP contribution in [0.2, 0.25) is 0 Å². The van der Waals surface area contributed by atoms with Crippen molar-refractivity contribution in [3.05, 3.63) is 0 Å². The molecule has 5 heteroatoms. The van der Waals surface area contributed by atoms with E-state index in [9.17, 15) is 4.79 Å². The van der Waals surface area contributed by atoms with Gasteiger partial charge in [0.1, 0.15) is 5.60 Å². The molecule has 1 aliphatic heterocycles. The van der Waals surface area contributed by atoms with Gasteiger partial charge in [0.2, 0.25) is 0 Å². The molecule has 4 atom stereocenters. The van der Waals surface area contributed by atoms with Crippen molar-refractivity contribution < 1.29 is 14.3 Å². The number of carbonyl (C=O) groups excluding carboxylic acids is 1. The van der Waals surface area contributed by atoms with Crippen molar-refractivity contribution >= 4 is 28.7 Å². The van der Waals surface area contributed by atoms with Gasteiger partial charge in [-0.05, 0) is 39.5 Å². The quantitative estimate of drug-likeness (QED) is 0.499. The summed E-state index contributed by atoms with van der Waals surface area (Å²) in [4.78, 5) is 14.0. The molecule has 1 aliphatic carbocycles. The molecule has 1 amide bonds. The Bertz CT molecular complexity index is 383. The lowest BCUT2D eigenvalue weighted by Gasteiger charge is -2.31. The molecule has 0 aromatic heterocycles. The van der Waals surface area contributed by atoms with Crippen molar-refractivity contribution in [3.63, 3.8) is 0 Å². The van der Waals surface area contributed by atoms with Crippen molar-refractivity contribution in [1.82, 2.24) is 4.90 Å². The van der Waals surface area contributed by atoms with Crippen LogP contribution >= 0.6 is 22.6 Å². The fourth-order valence-electron chi connectivity index (χ4n) is 3.32. The number of rotatable bonds is 3. The van der Waals surface area contributed by atoms with Gasteiger partial charge in [-0.1, -0.05) is 48.8 Å². The Morgan fingerprint density at radius 3 is 2.64 bits per heavy atom. The van der Waals surface area contributed by atoms with Gasteiger partial charge < -0.3 is 14.4 Å². The van der Waals surface area contributed by atoms with Gasteiger partial charge in [-0.15, -0.1) is 0 Å². The van der Waals surface area contributed by atoms with Crippen LogP contribution in [0.3, 0.4) is 0 Å². The number of likely N-dealkylation sites (tertiary alicyclic amines) is 1. The number of ether oxygens (including phenoxy) is 2. The van der Waals surface area contributed by atoms with Crippen LogP contribution in [-0.4, -0.2) is 45.8 Å². The van der Waals surface area contributed by atoms with E-state index in [0.717, 1.165) is 12.5 Å². The molecule has 4 unspecified atom stereocenters. The van der Waals surface area contributed by atoms with Gasteiger partial charge in [-0.2, -0.15) is 0 Å². The number of carbonyl (C=O) groups is 1. The lowest BCUT2D eigenvalue weighted by molar-refractivity contribution is -0.0340. The Morgan fingerprint density at radius 2 is 2.00 bits per heavy atom. The molecule has 128 valence electrons. The van der Waals surface area contributed by atoms with Crippen LogP contribution in [0.5, 0.6) is 0 Å². The molecule has 0 spiro atoms. The van der Waals surface area contributed by atoms with E-state index in [2.05, 4.69) is 29.5 Å². The first-order valence-corrected chi connectivity index (χ1v) is 9.80. The third-order valence-electron chi connectivity index (χ3n) is 4.53. The van der Waals surface area contributed by atoms with E-state index >= 15 is 0 Å². The molecular formula is C17H30INO3. The first-order valence-electron chi connectivity index (χ1n) is 8.56. The lowest BCUT2D eigenvalue weighted by atomic mass is 9.85. The molecule has 0 aromatic carbocycles. The lowest BCUT2D eigenvalue weighted by Crippen LogP contribution is -2.36. The molecule has 0 aromatic rings. The van der Waals surface area contributed by atoms with E-state index in [-0.39, 0.29) is 12.2 Å². The maximum atomic E-state index is 12.2. The Morgan fingerprint density at radius 1 is 1.27 bits per heavy atom. The summed E-state index contributed by atoms with van der Waals surface area (Å²) < 4.78 is 12.2. The van der Waals surface area contributed by atoms with E-state index in [0.29, 0.717) is 16.6 Å². The Labute approximate surface area is 148 Å². The first kappa shape index (κ1) is 18.3. The number of halogens is 1. The van der Waals surface area contributed by atoms with Crippen LogP contribution in [0.1, 0.15) is 59.8 Å². The highest BCUT2D eigenvalue weighted by atomic mass is 127. The standard InChI is InChI=1S/C17H30INO3/c1-5-12-7-6-8-13(9-12)21-15-11-19(10-14(15)18)16(20)22-17(2,3)4/h12-15H,5-11H2,1-4H3. The highest BCUT2D eigenvalue weighted by Crippen LogP contribution is 2.32. The molecule has 2 fully saturated rings. The van der Waals surface area contributed by atoms with E-state index in [1.165, 1.54) is 32.1 Å².